The second-order valence-corrected chi connectivity index (χ2v) is 7.89. The van der Waals surface area contributed by atoms with Gasteiger partial charge in [-0.25, -0.2) is 14.8 Å². The first kappa shape index (κ1) is 18.3. The van der Waals surface area contributed by atoms with Gasteiger partial charge in [0.15, 0.2) is 5.65 Å². The van der Waals surface area contributed by atoms with Crippen molar-refractivity contribution in [3.05, 3.63) is 82.4 Å². The number of carbonyl (C=O) groups is 1. The van der Waals surface area contributed by atoms with Crippen LogP contribution in [0.4, 0.5) is 0 Å². The van der Waals surface area contributed by atoms with Gasteiger partial charge in [-0.3, -0.25) is 0 Å². The van der Waals surface area contributed by atoms with E-state index < -0.39 is 5.97 Å². The minimum Gasteiger partial charge on any atom is -0.478 e. The normalized spacial score (nSPS) is 11.6. The van der Waals surface area contributed by atoms with Gasteiger partial charge in [-0.1, -0.05) is 35.9 Å². The highest BCUT2D eigenvalue weighted by Crippen LogP contribution is 2.30. The second kappa shape index (κ2) is 6.66. The fourth-order valence-corrected chi connectivity index (χ4v) is 4.35. The molecule has 0 amide bonds. The summed E-state index contributed by atoms with van der Waals surface area (Å²) >= 11 is 0. The molecular weight excluding hydrogens is 374 g/mol. The molecule has 0 saturated heterocycles. The zero-order chi connectivity index (χ0) is 21.0. The Morgan fingerprint density at radius 1 is 0.933 bits per heavy atom. The first-order valence-corrected chi connectivity index (χ1v) is 9.91. The summed E-state index contributed by atoms with van der Waals surface area (Å²) in [6.45, 7) is 7.08. The van der Waals surface area contributed by atoms with E-state index in [2.05, 4.69) is 49.6 Å². The highest BCUT2D eigenvalue weighted by atomic mass is 16.4. The fourth-order valence-electron chi connectivity index (χ4n) is 4.35. The number of hydrogen-bond acceptors (Lipinski definition) is 3. The lowest BCUT2D eigenvalue weighted by Gasteiger charge is -2.14. The van der Waals surface area contributed by atoms with Gasteiger partial charge < -0.3 is 9.67 Å². The van der Waals surface area contributed by atoms with Gasteiger partial charge in [0.25, 0.3) is 0 Å². The summed E-state index contributed by atoms with van der Waals surface area (Å²) in [6, 6.07) is 17.5. The third-order valence-electron chi connectivity index (χ3n) is 5.76. The smallest absolute Gasteiger partial charge is 0.335 e. The van der Waals surface area contributed by atoms with Gasteiger partial charge in [0.2, 0.25) is 0 Å². The molecule has 0 fully saturated rings. The van der Waals surface area contributed by atoms with Crippen molar-refractivity contribution in [3.8, 4) is 0 Å². The maximum atomic E-state index is 11.4. The van der Waals surface area contributed by atoms with Crippen LogP contribution in [0.5, 0.6) is 0 Å². The number of para-hydroxylation sites is 1. The first-order valence-electron chi connectivity index (χ1n) is 9.91. The number of nitrogens with zero attached hydrogens (tertiary/aromatic N) is 3. The Balaban J connectivity index is 1.82. The molecule has 0 spiro atoms. The van der Waals surface area contributed by atoms with Crippen LogP contribution in [0.25, 0.3) is 33.1 Å². The van der Waals surface area contributed by atoms with E-state index in [9.17, 15) is 9.90 Å². The van der Waals surface area contributed by atoms with Crippen LogP contribution in [0.1, 0.15) is 32.6 Å². The zero-order valence-electron chi connectivity index (χ0n) is 17.1. The number of benzene rings is 3. The standard InChI is InChI=1S/C25H21N3O2/c1-14-10-15(2)19(16(3)11-14)13-28-22-7-5-4-6-18(22)23-24(28)27-21-12-17(25(29)30)8-9-20(21)26-23/h4-12H,13H2,1-3H3,(H,29,30). The molecule has 2 heterocycles. The van der Waals surface area contributed by atoms with Gasteiger partial charge in [-0.05, 0) is 61.7 Å². The van der Waals surface area contributed by atoms with E-state index in [-0.39, 0.29) is 5.56 Å². The van der Waals surface area contributed by atoms with Crippen molar-refractivity contribution in [1.82, 2.24) is 14.5 Å². The van der Waals surface area contributed by atoms with Crippen molar-refractivity contribution >= 4 is 39.1 Å². The van der Waals surface area contributed by atoms with Gasteiger partial charge in [0, 0.05) is 5.39 Å². The van der Waals surface area contributed by atoms with E-state index in [0.717, 1.165) is 22.1 Å². The van der Waals surface area contributed by atoms with Crippen molar-refractivity contribution in [2.75, 3.05) is 0 Å². The Labute approximate surface area is 173 Å². The van der Waals surface area contributed by atoms with Crippen LogP contribution in [0.3, 0.4) is 0 Å². The zero-order valence-corrected chi connectivity index (χ0v) is 17.1. The highest BCUT2D eigenvalue weighted by Gasteiger charge is 2.17. The number of aryl methyl sites for hydroxylation is 3. The number of fused-ring (bicyclic) bond motifs is 4. The Hall–Kier alpha value is -3.73. The minimum atomic E-state index is -0.967. The van der Waals surface area contributed by atoms with E-state index in [4.69, 9.17) is 9.97 Å². The molecule has 5 rings (SSSR count). The summed E-state index contributed by atoms with van der Waals surface area (Å²) in [5, 5.41) is 10.4. The van der Waals surface area contributed by atoms with Crippen LogP contribution in [0.2, 0.25) is 0 Å². The fraction of sp³-hybridized carbons (Fsp3) is 0.160. The third kappa shape index (κ3) is 2.82. The van der Waals surface area contributed by atoms with Gasteiger partial charge in [-0.2, -0.15) is 0 Å². The average Bonchev–Trinajstić information content (AvgIpc) is 3.01. The summed E-state index contributed by atoms with van der Waals surface area (Å²) in [5.41, 5.74) is 9.19. The number of hydrogen-bond donors (Lipinski definition) is 1. The monoisotopic (exact) mass is 395 g/mol. The van der Waals surface area contributed by atoms with Crippen LogP contribution >= 0.6 is 0 Å². The Morgan fingerprint density at radius 2 is 1.67 bits per heavy atom. The van der Waals surface area contributed by atoms with E-state index in [1.807, 2.05) is 12.1 Å². The summed E-state index contributed by atoms with van der Waals surface area (Å²) < 4.78 is 2.19. The number of aromatic nitrogens is 3. The lowest BCUT2D eigenvalue weighted by atomic mass is 10.00. The molecule has 0 radical (unpaired) electrons. The van der Waals surface area contributed by atoms with Crippen LogP contribution in [-0.2, 0) is 6.54 Å². The molecule has 5 nitrogen and oxygen atoms in total. The minimum absolute atomic E-state index is 0.212. The Bertz CT molecular complexity index is 1460. The van der Waals surface area contributed by atoms with Crippen molar-refractivity contribution in [3.63, 3.8) is 0 Å². The van der Waals surface area contributed by atoms with Gasteiger partial charge >= 0.3 is 5.97 Å². The maximum absolute atomic E-state index is 11.4. The molecule has 3 aromatic carbocycles. The summed E-state index contributed by atoms with van der Waals surface area (Å²) in [5.74, 6) is -0.967. The van der Waals surface area contributed by atoms with Crippen molar-refractivity contribution in [2.45, 2.75) is 27.3 Å². The van der Waals surface area contributed by atoms with Gasteiger partial charge in [0.05, 0.1) is 28.7 Å². The number of carboxylic acid groups (broad SMARTS) is 1. The molecule has 0 aliphatic rings. The summed E-state index contributed by atoms with van der Waals surface area (Å²) in [6.07, 6.45) is 0. The predicted octanol–water partition coefficient (Wildman–Crippen LogP) is 5.41. The molecule has 1 N–H and O–H groups in total. The largest absolute Gasteiger partial charge is 0.478 e. The molecule has 0 atom stereocenters. The maximum Gasteiger partial charge on any atom is 0.335 e. The van der Waals surface area contributed by atoms with Crippen molar-refractivity contribution < 1.29 is 9.90 Å². The molecule has 5 heteroatoms. The quantitative estimate of drug-likeness (QED) is 0.443. The topological polar surface area (TPSA) is 68.0 Å². The SMILES string of the molecule is Cc1cc(C)c(Cn2c3ccccc3c3nc4ccc(C(=O)O)cc4nc32)c(C)c1. The second-order valence-electron chi connectivity index (χ2n) is 7.89. The van der Waals surface area contributed by atoms with Crippen molar-refractivity contribution in [1.29, 1.82) is 0 Å². The number of rotatable bonds is 3. The van der Waals surface area contributed by atoms with Crippen LogP contribution < -0.4 is 0 Å². The van der Waals surface area contributed by atoms with E-state index in [0.29, 0.717) is 17.6 Å². The van der Waals surface area contributed by atoms with E-state index in [1.54, 1.807) is 18.2 Å². The van der Waals surface area contributed by atoms with Gasteiger partial charge in [-0.15, -0.1) is 0 Å². The third-order valence-corrected chi connectivity index (χ3v) is 5.76. The van der Waals surface area contributed by atoms with Crippen LogP contribution in [0, 0.1) is 20.8 Å². The van der Waals surface area contributed by atoms with E-state index in [1.165, 1.54) is 22.3 Å². The number of aromatic carboxylic acids is 1. The molecule has 148 valence electrons. The van der Waals surface area contributed by atoms with Crippen LogP contribution in [0.15, 0.2) is 54.6 Å². The molecule has 0 unspecified atom stereocenters. The first-order chi connectivity index (χ1) is 14.4. The molecule has 0 aliphatic carbocycles. The molecule has 2 aromatic heterocycles. The molecule has 30 heavy (non-hydrogen) atoms. The highest BCUT2D eigenvalue weighted by molar-refractivity contribution is 6.06. The summed E-state index contributed by atoms with van der Waals surface area (Å²) in [4.78, 5) is 21.1. The van der Waals surface area contributed by atoms with E-state index >= 15 is 0 Å². The average molecular weight is 395 g/mol. The lowest BCUT2D eigenvalue weighted by Crippen LogP contribution is -2.05. The molecule has 0 aliphatic heterocycles. The molecule has 0 saturated carbocycles. The van der Waals surface area contributed by atoms with Gasteiger partial charge in [0.1, 0.15) is 5.52 Å². The molecule has 0 bridgehead atoms. The number of carboxylic acids is 1. The van der Waals surface area contributed by atoms with Crippen molar-refractivity contribution in [2.24, 2.45) is 0 Å². The summed E-state index contributed by atoms with van der Waals surface area (Å²) in [7, 11) is 0. The van der Waals surface area contributed by atoms with Crippen LogP contribution in [-0.4, -0.2) is 25.6 Å². The Morgan fingerprint density at radius 3 is 2.40 bits per heavy atom. The predicted molar refractivity (Wildman–Crippen MR) is 119 cm³/mol. The lowest BCUT2D eigenvalue weighted by molar-refractivity contribution is 0.0697. The molecule has 5 aromatic rings. The molecular formula is C25H21N3O2. The Kier molecular flexibility index (Phi) is 4.07.